The van der Waals surface area contributed by atoms with Crippen molar-refractivity contribution in [2.45, 2.75) is 31.6 Å². The summed E-state index contributed by atoms with van der Waals surface area (Å²) in [5.74, 6) is -0.110. The standard InChI is InChI=1S/C17H20N4O3/c22-16(14-12-18-21(19-14)13-6-2-1-3-7-13)20-9-5-4-8-15(20)17-23-10-11-24-17/h1-3,6-7,12,15,17H,4-5,8-11H2/t15-/m0/s1. The minimum Gasteiger partial charge on any atom is -0.348 e. The number of carbonyl (C=O) groups is 1. The predicted molar refractivity (Wildman–Crippen MR) is 85.7 cm³/mol. The number of aromatic nitrogens is 3. The summed E-state index contributed by atoms with van der Waals surface area (Å²) in [6.45, 7) is 1.88. The third-order valence-corrected chi connectivity index (χ3v) is 4.47. The molecule has 2 aliphatic rings. The number of hydrogen-bond acceptors (Lipinski definition) is 5. The van der Waals surface area contributed by atoms with Crippen LogP contribution in [0.15, 0.2) is 36.5 Å². The fourth-order valence-corrected chi connectivity index (χ4v) is 3.29. The molecule has 1 atom stereocenters. The van der Waals surface area contributed by atoms with Crippen LogP contribution in [0.4, 0.5) is 0 Å². The highest BCUT2D eigenvalue weighted by atomic mass is 16.7. The Hall–Kier alpha value is -2.25. The van der Waals surface area contributed by atoms with Crippen molar-refractivity contribution >= 4 is 5.91 Å². The zero-order valence-corrected chi connectivity index (χ0v) is 13.4. The summed E-state index contributed by atoms with van der Waals surface area (Å²) in [5.41, 5.74) is 1.18. The molecular formula is C17H20N4O3. The van der Waals surface area contributed by atoms with E-state index in [2.05, 4.69) is 10.2 Å². The Bertz CT molecular complexity index is 697. The molecule has 4 rings (SSSR count). The highest BCUT2D eigenvalue weighted by molar-refractivity contribution is 5.92. The molecule has 1 amide bonds. The fourth-order valence-electron chi connectivity index (χ4n) is 3.29. The van der Waals surface area contributed by atoms with Crippen molar-refractivity contribution in [1.29, 1.82) is 0 Å². The van der Waals surface area contributed by atoms with Crippen LogP contribution in [-0.4, -0.2) is 57.9 Å². The second-order valence-electron chi connectivity index (χ2n) is 6.03. The van der Waals surface area contributed by atoms with Gasteiger partial charge in [0.05, 0.1) is 31.1 Å². The predicted octanol–water partition coefficient (Wildman–Crippen LogP) is 1.63. The number of carbonyl (C=O) groups excluding carboxylic acids is 1. The molecule has 0 spiro atoms. The molecule has 3 heterocycles. The van der Waals surface area contributed by atoms with Crippen LogP contribution in [0.5, 0.6) is 0 Å². The molecule has 24 heavy (non-hydrogen) atoms. The van der Waals surface area contributed by atoms with Gasteiger partial charge < -0.3 is 14.4 Å². The fraction of sp³-hybridized carbons (Fsp3) is 0.471. The van der Waals surface area contributed by atoms with E-state index in [1.54, 1.807) is 0 Å². The topological polar surface area (TPSA) is 69.5 Å². The van der Waals surface area contributed by atoms with Crippen LogP contribution in [0.1, 0.15) is 29.8 Å². The van der Waals surface area contributed by atoms with Crippen LogP contribution in [0.3, 0.4) is 0 Å². The van der Waals surface area contributed by atoms with E-state index in [0.29, 0.717) is 25.5 Å². The Kier molecular flexibility index (Phi) is 4.27. The Morgan fingerprint density at radius 1 is 1.12 bits per heavy atom. The van der Waals surface area contributed by atoms with Crippen LogP contribution in [0.25, 0.3) is 5.69 Å². The SMILES string of the molecule is O=C(c1cnn(-c2ccccc2)n1)N1CCCC[C@H]1C1OCCO1. The van der Waals surface area contributed by atoms with Crippen molar-refractivity contribution in [3.63, 3.8) is 0 Å². The maximum atomic E-state index is 12.9. The van der Waals surface area contributed by atoms with Crippen LogP contribution in [-0.2, 0) is 9.47 Å². The van der Waals surface area contributed by atoms with Crippen molar-refractivity contribution in [3.8, 4) is 5.69 Å². The quantitative estimate of drug-likeness (QED) is 0.856. The largest absolute Gasteiger partial charge is 0.348 e. The molecule has 1 aromatic heterocycles. The van der Waals surface area contributed by atoms with Gasteiger partial charge in [-0.1, -0.05) is 18.2 Å². The van der Waals surface area contributed by atoms with Gasteiger partial charge in [-0.05, 0) is 31.4 Å². The number of likely N-dealkylation sites (tertiary alicyclic amines) is 1. The molecule has 0 radical (unpaired) electrons. The first-order valence-electron chi connectivity index (χ1n) is 8.35. The minimum atomic E-state index is -0.321. The molecule has 7 heteroatoms. The van der Waals surface area contributed by atoms with E-state index in [0.717, 1.165) is 24.9 Å². The lowest BCUT2D eigenvalue weighted by atomic mass is 10.0. The van der Waals surface area contributed by atoms with Crippen molar-refractivity contribution in [1.82, 2.24) is 19.9 Å². The molecule has 0 unspecified atom stereocenters. The van der Waals surface area contributed by atoms with E-state index in [1.807, 2.05) is 35.2 Å². The van der Waals surface area contributed by atoms with E-state index < -0.39 is 0 Å². The van der Waals surface area contributed by atoms with E-state index in [9.17, 15) is 4.79 Å². The van der Waals surface area contributed by atoms with Crippen LogP contribution >= 0.6 is 0 Å². The molecule has 126 valence electrons. The van der Waals surface area contributed by atoms with Crippen LogP contribution < -0.4 is 0 Å². The first-order valence-corrected chi connectivity index (χ1v) is 8.35. The molecule has 1 aromatic carbocycles. The maximum absolute atomic E-state index is 12.9. The third kappa shape index (κ3) is 2.92. The van der Waals surface area contributed by atoms with E-state index >= 15 is 0 Å². The van der Waals surface area contributed by atoms with Crippen LogP contribution in [0, 0.1) is 0 Å². The Labute approximate surface area is 140 Å². The van der Waals surface area contributed by atoms with Gasteiger partial charge in [-0.3, -0.25) is 4.79 Å². The highest BCUT2D eigenvalue weighted by Crippen LogP contribution is 2.25. The van der Waals surface area contributed by atoms with Crippen molar-refractivity contribution in [2.24, 2.45) is 0 Å². The lowest BCUT2D eigenvalue weighted by molar-refractivity contribution is -0.100. The van der Waals surface area contributed by atoms with Gasteiger partial charge in [0, 0.05) is 6.54 Å². The molecule has 2 aromatic rings. The average Bonchev–Trinajstić information content (AvgIpc) is 3.34. The Morgan fingerprint density at radius 3 is 2.71 bits per heavy atom. The van der Waals surface area contributed by atoms with Gasteiger partial charge in [-0.25, -0.2) is 0 Å². The molecule has 0 aliphatic carbocycles. The van der Waals surface area contributed by atoms with Crippen molar-refractivity contribution in [2.75, 3.05) is 19.8 Å². The Balaban J connectivity index is 1.54. The Morgan fingerprint density at radius 2 is 1.92 bits per heavy atom. The highest BCUT2D eigenvalue weighted by Gasteiger charge is 2.37. The smallest absolute Gasteiger partial charge is 0.276 e. The summed E-state index contributed by atoms with van der Waals surface area (Å²) in [5, 5.41) is 8.57. The number of benzene rings is 1. The van der Waals surface area contributed by atoms with Gasteiger partial charge in [0.1, 0.15) is 0 Å². The summed E-state index contributed by atoms with van der Waals surface area (Å²) in [7, 11) is 0. The van der Waals surface area contributed by atoms with Crippen molar-refractivity contribution in [3.05, 3.63) is 42.2 Å². The van der Waals surface area contributed by atoms with Gasteiger partial charge in [0.15, 0.2) is 12.0 Å². The minimum absolute atomic E-state index is 0.0457. The van der Waals surface area contributed by atoms with Gasteiger partial charge in [-0.15, -0.1) is 5.10 Å². The van der Waals surface area contributed by atoms with E-state index in [4.69, 9.17) is 9.47 Å². The summed E-state index contributed by atoms with van der Waals surface area (Å²) < 4.78 is 11.3. The van der Waals surface area contributed by atoms with Gasteiger partial charge in [0.25, 0.3) is 5.91 Å². The normalized spacial score (nSPS) is 22.0. The van der Waals surface area contributed by atoms with Gasteiger partial charge in [0.2, 0.25) is 0 Å². The second kappa shape index (κ2) is 6.70. The summed E-state index contributed by atoms with van der Waals surface area (Å²) in [6.07, 6.45) is 4.16. The first kappa shape index (κ1) is 15.3. The summed E-state index contributed by atoms with van der Waals surface area (Å²) in [4.78, 5) is 16.2. The summed E-state index contributed by atoms with van der Waals surface area (Å²) in [6, 6.07) is 9.51. The molecule has 0 N–H and O–H groups in total. The first-order chi connectivity index (χ1) is 11.8. The lowest BCUT2D eigenvalue weighted by Crippen LogP contribution is -2.50. The lowest BCUT2D eigenvalue weighted by Gasteiger charge is -2.37. The summed E-state index contributed by atoms with van der Waals surface area (Å²) >= 11 is 0. The van der Waals surface area contributed by atoms with E-state index in [-0.39, 0.29) is 18.2 Å². The van der Waals surface area contributed by atoms with E-state index in [1.165, 1.54) is 11.0 Å². The van der Waals surface area contributed by atoms with Crippen LogP contribution in [0.2, 0.25) is 0 Å². The maximum Gasteiger partial charge on any atom is 0.276 e. The third-order valence-electron chi connectivity index (χ3n) is 4.47. The number of amides is 1. The number of para-hydroxylation sites is 1. The van der Waals surface area contributed by atoms with Gasteiger partial charge in [-0.2, -0.15) is 9.90 Å². The molecular weight excluding hydrogens is 308 g/mol. The number of ether oxygens (including phenoxy) is 2. The average molecular weight is 328 g/mol. The molecule has 0 saturated carbocycles. The zero-order valence-electron chi connectivity index (χ0n) is 13.4. The molecule has 2 aliphatic heterocycles. The number of hydrogen-bond donors (Lipinski definition) is 0. The second-order valence-corrected chi connectivity index (χ2v) is 6.03. The number of rotatable bonds is 3. The zero-order chi connectivity index (χ0) is 16.4. The molecule has 2 saturated heterocycles. The molecule has 2 fully saturated rings. The monoisotopic (exact) mass is 328 g/mol. The number of piperidine rings is 1. The van der Waals surface area contributed by atoms with Gasteiger partial charge >= 0.3 is 0 Å². The van der Waals surface area contributed by atoms with Crippen molar-refractivity contribution < 1.29 is 14.3 Å². The number of nitrogens with zero attached hydrogens (tertiary/aromatic N) is 4. The molecule has 7 nitrogen and oxygen atoms in total. The molecule has 0 bridgehead atoms.